The first kappa shape index (κ1) is 16.6. The van der Waals surface area contributed by atoms with E-state index in [0.717, 1.165) is 22.1 Å². The molecule has 3 rings (SSSR count). The molecule has 24 heavy (non-hydrogen) atoms. The smallest absolute Gasteiger partial charge is 0.296 e. The number of rotatable bonds is 8. The first-order valence-electron chi connectivity index (χ1n) is 7.36. The van der Waals surface area contributed by atoms with Crippen molar-refractivity contribution in [2.75, 3.05) is 17.6 Å². The molecule has 0 aliphatic carbocycles. The molecule has 0 fully saturated rings. The maximum atomic E-state index is 12.0. The van der Waals surface area contributed by atoms with Gasteiger partial charge in [0.2, 0.25) is 5.95 Å². The Balaban J connectivity index is 1.47. The molecule has 0 spiro atoms. The van der Waals surface area contributed by atoms with Gasteiger partial charge in [0.1, 0.15) is 10.7 Å². The second-order valence-electron chi connectivity index (χ2n) is 4.88. The molecule has 0 saturated carbocycles. The van der Waals surface area contributed by atoms with Gasteiger partial charge >= 0.3 is 0 Å². The highest BCUT2D eigenvalue weighted by Crippen LogP contribution is 2.13. The highest BCUT2D eigenvalue weighted by atomic mass is 32.2. The van der Waals surface area contributed by atoms with E-state index in [1.807, 2.05) is 23.7 Å². The molecule has 0 atom stereocenters. The van der Waals surface area contributed by atoms with E-state index >= 15 is 0 Å². The number of aromatic nitrogens is 5. The van der Waals surface area contributed by atoms with Gasteiger partial charge in [-0.15, -0.1) is 11.3 Å². The van der Waals surface area contributed by atoms with Crippen molar-refractivity contribution in [3.8, 4) is 0 Å². The molecule has 0 aliphatic heterocycles. The van der Waals surface area contributed by atoms with Crippen molar-refractivity contribution in [3.63, 3.8) is 0 Å². The summed E-state index contributed by atoms with van der Waals surface area (Å²) < 4.78 is 0. The molecule has 0 radical (unpaired) electrons. The molecule has 7 nitrogen and oxygen atoms in total. The molecule has 0 aliphatic rings. The fourth-order valence-electron chi connectivity index (χ4n) is 1.97. The van der Waals surface area contributed by atoms with Crippen LogP contribution in [-0.2, 0) is 12.2 Å². The highest BCUT2D eigenvalue weighted by Gasteiger charge is 2.06. The van der Waals surface area contributed by atoms with Crippen LogP contribution in [0.15, 0.2) is 40.9 Å². The normalized spacial score (nSPS) is 10.7. The highest BCUT2D eigenvalue weighted by molar-refractivity contribution is 7.98. The maximum absolute atomic E-state index is 12.0. The van der Waals surface area contributed by atoms with E-state index < -0.39 is 0 Å². The number of anilines is 1. The third-order valence-corrected chi connectivity index (χ3v) is 5.03. The molecule has 0 amide bonds. The molecule has 3 heterocycles. The summed E-state index contributed by atoms with van der Waals surface area (Å²) in [5.74, 6) is 2.18. The van der Waals surface area contributed by atoms with E-state index in [9.17, 15) is 4.79 Å². The number of nitrogens with one attached hydrogen (secondary N) is 2. The molecule has 2 N–H and O–H groups in total. The van der Waals surface area contributed by atoms with Crippen molar-refractivity contribution in [1.29, 1.82) is 0 Å². The molecule has 0 saturated heterocycles. The fourth-order valence-corrected chi connectivity index (χ4v) is 3.54. The molecule has 124 valence electrons. The predicted molar refractivity (Wildman–Crippen MR) is 96.5 cm³/mol. The first-order chi connectivity index (χ1) is 11.8. The van der Waals surface area contributed by atoms with Gasteiger partial charge in [-0.25, -0.2) is 10.1 Å². The number of hydrogen-bond donors (Lipinski definition) is 2. The molecule has 0 unspecified atom stereocenters. The van der Waals surface area contributed by atoms with Gasteiger partial charge in [0.05, 0.1) is 0 Å². The summed E-state index contributed by atoms with van der Waals surface area (Å²) in [4.78, 5) is 24.3. The van der Waals surface area contributed by atoms with Crippen LogP contribution in [0.1, 0.15) is 16.3 Å². The molecular formula is C15H16N6OS2. The lowest BCUT2D eigenvalue weighted by Crippen LogP contribution is -2.20. The fraction of sp³-hybridized carbons (Fsp3) is 0.267. The number of thioether (sulfide) groups is 1. The van der Waals surface area contributed by atoms with Crippen LogP contribution in [-0.4, -0.2) is 37.4 Å². The predicted octanol–water partition coefficient (Wildman–Crippen LogP) is 1.95. The van der Waals surface area contributed by atoms with Gasteiger partial charge in [0, 0.05) is 48.4 Å². The average Bonchev–Trinajstić information content (AvgIpc) is 3.11. The summed E-state index contributed by atoms with van der Waals surface area (Å²) in [6, 6.07) is 3.73. The van der Waals surface area contributed by atoms with Crippen molar-refractivity contribution in [2.45, 2.75) is 12.2 Å². The zero-order chi connectivity index (χ0) is 16.6. The Morgan fingerprint density at radius 1 is 1.33 bits per heavy atom. The van der Waals surface area contributed by atoms with E-state index in [2.05, 4.69) is 30.5 Å². The summed E-state index contributed by atoms with van der Waals surface area (Å²) >= 11 is 3.43. The summed E-state index contributed by atoms with van der Waals surface area (Å²) in [5, 5.41) is 13.1. The van der Waals surface area contributed by atoms with Crippen molar-refractivity contribution >= 4 is 29.0 Å². The lowest BCUT2D eigenvalue weighted by atomic mass is 10.2. The van der Waals surface area contributed by atoms with Crippen molar-refractivity contribution in [2.24, 2.45) is 0 Å². The molecule has 3 aromatic heterocycles. The van der Waals surface area contributed by atoms with Gasteiger partial charge in [-0.3, -0.25) is 9.78 Å². The maximum Gasteiger partial charge on any atom is 0.296 e. The Bertz CT molecular complexity index is 806. The van der Waals surface area contributed by atoms with Crippen molar-refractivity contribution in [1.82, 2.24) is 25.1 Å². The molecule has 3 aromatic rings. The van der Waals surface area contributed by atoms with Gasteiger partial charge in [0.25, 0.3) is 5.56 Å². The SMILES string of the molecule is O=c1nc(NCCSCc2nccs2)[nH]nc1Cc1cccnc1. The minimum atomic E-state index is -0.324. The van der Waals surface area contributed by atoms with E-state index in [0.29, 0.717) is 24.6 Å². The number of H-pyrrole nitrogens is 1. The Morgan fingerprint density at radius 2 is 2.29 bits per heavy atom. The summed E-state index contributed by atoms with van der Waals surface area (Å²) in [5.41, 5.74) is 0.985. The molecule has 0 bridgehead atoms. The first-order valence-corrected chi connectivity index (χ1v) is 9.39. The zero-order valence-corrected chi connectivity index (χ0v) is 14.4. The van der Waals surface area contributed by atoms with Gasteiger partial charge in [-0.2, -0.15) is 21.8 Å². The van der Waals surface area contributed by atoms with E-state index in [-0.39, 0.29) is 5.56 Å². The minimum absolute atomic E-state index is 0.324. The number of thiazole rings is 1. The van der Waals surface area contributed by atoms with Crippen LogP contribution in [0.3, 0.4) is 0 Å². The van der Waals surface area contributed by atoms with Crippen LogP contribution in [0.5, 0.6) is 0 Å². The summed E-state index contributed by atoms with van der Waals surface area (Å²) in [6.07, 6.45) is 5.64. The third kappa shape index (κ3) is 4.87. The number of hydrogen-bond acceptors (Lipinski definition) is 8. The third-order valence-electron chi connectivity index (χ3n) is 3.10. The van der Waals surface area contributed by atoms with Crippen LogP contribution in [0.25, 0.3) is 0 Å². The number of pyridine rings is 1. The van der Waals surface area contributed by atoms with Gasteiger partial charge < -0.3 is 5.32 Å². The Morgan fingerprint density at radius 3 is 3.04 bits per heavy atom. The molecule has 0 aromatic carbocycles. The largest absolute Gasteiger partial charge is 0.354 e. The van der Waals surface area contributed by atoms with E-state index in [1.165, 1.54) is 0 Å². The van der Waals surface area contributed by atoms with E-state index in [1.54, 1.807) is 35.5 Å². The average molecular weight is 360 g/mol. The van der Waals surface area contributed by atoms with E-state index in [4.69, 9.17) is 0 Å². The van der Waals surface area contributed by atoms with Crippen LogP contribution < -0.4 is 10.9 Å². The number of nitrogens with zero attached hydrogens (tertiary/aromatic N) is 4. The number of aromatic amines is 1. The van der Waals surface area contributed by atoms with Crippen LogP contribution in [0.4, 0.5) is 5.95 Å². The Hall–Kier alpha value is -2.26. The zero-order valence-electron chi connectivity index (χ0n) is 12.8. The summed E-state index contributed by atoms with van der Waals surface area (Å²) in [7, 11) is 0. The Labute approximate surface area is 147 Å². The second-order valence-corrected chi connectivity index (χ2v) is 6.96. The van der Waals surface area contributed by atoms with Gasteiger partial charge in [-0.1, -0.05) is 6.07 Å². The van der Waals surface area contributed by atoms with Gasteiger partial charge in [0.15, 0.2) is 0 Å². The van der Waals surface area contributed by atoms with Crippen molar-refractivity contribution in [3.05, 3.63) is 62.7 Å². The van der Waals surface area contributed by atoms with Crippen molar-refractivity contribution < 1.29 is 0 Å². The van der Waals surface area contributed by atoms with Crippen LogP contribution in [0, 0.1) is 0 Å². The monoisotopic (exact) mass is 360 g/mol. The lowest BCUT2D eigenvalue weighted by Gasteiger charge is -2.05. The molecular weight excluding hydrogens is 344 g/mol. The standard InChI is InChI=1S/C15H16N6OS2/c22-14-12(8-11-2-1-3-16-9-11)20-21-15(19-14)18-4-6-23-10-13-17-5-7-24-13/h1-3,5,7,9H,4,6,8,10H2,(H2,18,19,21,22). The summed E-state index contributed by atoms with van der Waals surface area (Å²) in [6.45, 7) is 0.697. The van der Waals surface area contributed by atoms with Crippen LogP contribution >= 0.6 is 23.1 Å². The second kappa shape index (κ2) is 8.55. The lowest BCUT2D eigenvalue weighted by molar-refractivity contribution is 0.862. The van der Waals surface area contributed by atoms with Gasteiger partial charge in [-0.05, 0) is 11.6 Å². The quantitative estimate of drug-likeness (QED) is 0.593. The topological polar surface area (TPSA) is 96.5 Å². The minimum Gasteiger partial charge on any atom is -0.354 e. The molecule has 9 heteroatoms. The van der Waals surface area contributed by atoms with Crippen LogP contribution in [0.2, 0.25) is 0 Å². The Kier molecular flexibility index (Phi) is 5.91.